The van der Waals surface area contributed by atoms with Crippen molar-refractivity contribution < 1.29 is 27.1 Å². The van der Waals surface area contributed by atoms with Gasteiger partial charge in [-0.15, -0.1) is 0 Å². The average Bonchev–Trinajstić information content (AvgIpc) is 3.35. The molecule has 7 nitrogen and oxygen atoms in total. The Morgan fingerprint density at radius 3 is 2.74 bits per heavy atom. The van der Waals surface area contributed by atoms with E-state index in [1.165, 1.54) is 24.5 Å². The van der Waals surface area contributed by atoms with E-state index in [0.717, 1.165) is 12.3 Å². The molecule has 4 aromatic heterocycles. The number of rotatable bonds is 4. The molecule has 0 bridgehead atoms. The standard InChI is InChI=1S/C20H13F4N5O2/c21-14-15(10-7-31-8-10)27-6-13-16(14)29-19(28-13)12-4-9(5-26-12)17(30)11-2-1-3-25-18(11)20(22,23)24/h1-6,10,26H,7-8H2,(H,28,29). The monoisotopic (exact) mass is 431 g/mol. The van der Waals surface area contributed by atoms with Crippen molar-refractivity contribution in [2.75, 3.05) is 13.2 Å². The lowest BCUT2D eigenvalue weighted by Crippen LogP contribution is -2.27. The molecular weight excluding hydrogens is 418 g/mol. The molecule has 1 aliphatic rings. The average molecular weight is 431 g/mol. The van der Waals surface area contributed by atoms with E-state index >= 15 is 0 Å². The Labute approximate surface area is 171 Å². The first-order valence-corrected chi connectivity index (χ1v) is 9.20. The van der Waals surface area contributed by atoms with Gasteiger partial charge in [-0.1, -0.05) is 0 Å². The number of carbonyl (C=O) groups is 1. The van der Waals surface area contributed by atoms with Crippen LogP contribution in [0.2, 0.25) is 0 Å². The highest BCUT2D eigenvalue weighted by Crippen LogP contribution is 2.32. The minimum atomic E-state index is -4.77. The number of halogens is 4. The SMILES string of the molecule is O=C(c1c[nH]c(-c2nc3cnc(C4COC4)c(F)c3[nH]2)c1)c1cccnc1C(F)(F)F. The molecule has 0 unspecified atom stereocenters. The summed E-state index contributed by atoms with van der Waals surface area (Å²) < 4.78 is 59.4. The molecule has 5 heterocycles. The summed E-state index contributed by atoms with van der Waals surface area (Å²) in [7, 11) is 0. The number of fused-ring (bicyclic) bond motifs is 1. The number of hydrogen-bond donors (Lipinski definition) is 2. The molecule has 0 aliphatic carbocycles. The number of ether oxygens (including phenoxy) is 1. The van der Waals surface area contributed by atoms with Gasteiger partial charge in [-0.05, 0) is 18.2 Å². The second-order valence-electron chi connectivity index (χ2n) is 7.07. The van der Waals surface area contributed by atoms with Gasteiger partial charge in [0.15, 0.2) is 23.1 Å². The number of ketones is 1. The fourth-order valence-electron chi connectivity index (χ4n) is 3.40. The van der Waals surface area contributed by atoms with Crippen LogP contribution in [0.4, 0.5) is 17.6 Å². The fraction of sp³-hybridized carbons (Fsp3) is 0.200. The van der Waals surface area contributed by atoms with E-state index in [1.54, 1.807) is 0 Å². The Bertz CT molecular complexity index is 1310. The topological polar surface area (TPSA) is 96.5 Å². The number of alkyl halides is 3. The van der Waals surface area contributed by atoms with Crippen LogP contribution >= 0.6 is 0 Å². The van der Waals surface area contributed by atoms with Crippen LogP contribution < -0.4 is 0 Å². The van der Waals surface area contributed by atoms with Crippen molar-refractivity contribution in [3.05, 3.63) is 65.1 Å². The van der Waals surface area contributed by atoms with E-state index in [9.17, 15) is 22.4 Å². The van der Waals surface area contributed by atoms with Gasteiger partial charge in [0.25, 0.3) is 0 Å². The van der Waals surface area contributed by atoms with Crippen LogP contribution in [0.1, 0.15) is 33.2 Å². The molecule has 1 saturated heterocycles. The Kier molecular flexibility index (Phi) is 4.36. The third kappa shape index (κ3) is 3.26. The summed E-state index contributed by atoms with van der Waals surface area (Å²) in [6.45, 7) is 0.791. The summed E-state index contributed by atoms with van der Waals surface area (Å²) >= 11 is 0. The molecule has 0 atom stereocenters. The molecule has 0 spiro atoms. The van der Waals surface area contributed by atoms with Gasteiger partial charge in [0, 0.05) is 18.0 Å². The molecule has 0 amide bonds. The van der Waals surface area contributed by atoms with Crippen LogP contribution in [-0.2, 0) is 10.9 Å². The molecule has 0 radical (unpaired) electrons. The summed E-state index contributed by atoms with van der Waals surface area (Å²) in [4.78, 5) is 30.0. The van der Waals surface area contributed by atoms with E-state index in [-0.39, 0.29) is 34.0 Å². The summed E-state index contributed by atoms with van der Waals surface area (Å²) in [6.07, 6.45) is -1.09. The summed E-state index contributed by atoms with van der Waals surface area (Å²) in [5.74, 6) is -1.27. The summed E-state index contributed by atoms with van der Waals surface area (Å²) in [6, 6.07) is 3.67. The molecule has 0 aromatic carbocycles. The molecular formula is C20H13F4N5O2. The maximum Gasteiger partial charge on any atom is 0.434 e. The van der Waals surface area contributed by atoms with Gasteiger partial charge >= 0.3 is 6.18 Å². The van der Waals surface area contributed by atoms with Gasteiger partial charge in [-0.2, -0.15) is 13.2 Å². The molecule has 1 fully saturated rings. The zero-order chi connectivity index (χ0) is 21.8. The van der Waals surface area contributed by atoms with Crippen LogP contribution in [0, 0.1) is 5.82 Å². The first-order chi connectivity index (χ1) is 14.8. The van der Waals surface area contributed by atoms with E-state index in [1.807, 2.05) is 0 Å². The van der Waals surface area contributed by atoms with Gasteiger partial charge in [-0.25, -0.2) is 9.37 Å². The number of H-pyrrole nitrogens is 2. The van der Waals surface area contributed by atoms with Crippen molar-refractivity contribution in [3.63, 3.8) is 0 Å². The number of imidazole rings is 1. The smallest absolute Gasteiger partial charge is 0.380 e. The molecule has 31 heavy (non-hydrogen) atoms. The van der Waals surface area contributed by atoms with Crippen LogP contribution in [-0.4, -0.2) is 43.9 Å². The Morgan fingerprint density at radius 2 is 2.03 bits per heavy atom. The van der Waals surface area contributed by atoms with Crippen molar-refractivity contribution in [1.29, 1.82) is 0 Å². The molecule has 5 rings (SSSR count). The van der Waals surface area contributed by atoms with E-state index in [2.05, 4.69) is 24.9 Å². The number of nitrogens with one attached hydrogen (secondary N) is 2. The van der Waals surface area contributed by atoms with Crippen LogP contribution in [0.25, 0.3) is 22.6 Å². The number of aromatic amines is 2. The minimum Gasteiger partial charge on any atom is -0.380 e. The lowest BCUT2D eigenvalue weighted by atomic mass is 10.0. The number of carbonyl (C=O) groups excluding carboxylic acids is 1. The van der Waals surface area contributed by atoms with Crippen molar-refractivity contribution in [3.8, 4) is 11.5 Å². The van der Waals surface area contributed by atoms with Crippen molar-refractivity contribution >= 4 is 16.8 Å². The maximum atomic E-state index is 14.8. The quantitative estimate of drug-likeness (QED) is 0.378. The van der Waals surface area contributed by atoms with Crippen LogP contribution in [0.15, 0.2) is 36.8 Å². The lowest BCUT2D eigenvalue weighted by molar-refractivity contribution is -0.141. The number of pyridine rings is 2. The van der Waals surface area contributed by atoms with Crippen LogP contribution in [0.3, 0.4) is 0 Å². The fourth-order valence-corrected chi connectivity index (χ4v) is 3.40. The summed E-state index contributed by atoms with van der Waals surface area (Å²) in [5.41, 5.74) is -0.802. The van der Waals surface area contributed by atoms with E-state index < -0.39 is 29.0 Å². The second-order valence-corrected chi connectivity index (χ2v) is 7.07. The molecule has 2 N–H and O–H groups in total. The number of hydrogen-bond acceptors (Lipinski definition) is 5. The van der Waals surface area contributed by atoms with E-state index in [0.29, 0.717) is 18.9 Å². The minimum absolute atomic E-state index is 0.0140. The maximum absolute atomic E-state index is 14.8. The lowest BCUT2D eigenvalue weighted by Gasteiger charge is -2.25. The second kappa shape index (κ2) is 6.98. The first-order valence-electron chi connectivity index (χ1n) is 9.20. The van der Waals surface area contributed by atoms with Gasteiger partial charge < -0.3 is 14.7 Å². The highest BCUT2D eigenvalue weighted by Gasteiger charge is 2.37. The molecule has 158 valence electrons. The first kappa shape index (κ1) is 19.4. The van der Waals surface area contributed by atoms with Gasteiger partial charge in [0.05, 0.1) is 42.3 Å². The normalized spacial score (nSPS) is 14.7. The zero-order valence-corrected chi connectivity index (χ0v) is 15.6. The molecule has 4 aromatic rings. The largest absolute Gasteiger partial charge is 0.434 e. The Balaban J connectivity index is 1.49. The van der Waals surface area contributed by atoms with E-state index in [4.69, 9.17) is 4.74 Å². The number of nitrogens with zero attached hydrogens (tertiary/aromatic N) is 3. The predicted octanol–water partition coefficient (Wildman–Crippen LogP) is 3.85. The molecule has 0 saturated carbocycles. The van der Waals surface area contributed by atoms with Crippen molar-refractivity contribution in [1.82, 2.24) is 24.9 Å². The predicted molar refractivity (Wildman–Crippen MR) is 99.9 cm³/mol. The zero-order valence-electron chi connectivity index (χ0n) is 15.6. The van der Waals surface area contributed by atoms with Crippen LogP contribution in [0.5, 0.6) is 0 Å². The Hall–Kier alpha value is -3.60. The van der Waals surface area contributed by atoms with Gasteiger partial charge in [0.2, 0.25) is 0 Å². The third-order valence-electron chi connectivity index (χ3n) is 5.05. The highest BCUT2D eigenvalue weighted by molar-refractivity contribution is 6.10. The number of aromatic nitrogens is 5. The van der Waals surface area contributed by atoms with Crippen molar-refractivity contribution in [2.45, 2.75) is 12.1 Å². The van der Waals surface area contributed by atoms with Crippen molar-refractivity contribution in [2.24, 2.45) is 0 Å². The molecule has 1 aliphatic heterocycles. The highest BCUT2D eigenvalue weighted by atomic mass is 19.4. The Morgan fingerprint density at radius 1 is 1.23 bits per heavy atom. The van der Waals surface area contributed by atoms with Gasteiger partial charge in [0.1, 0.15) is 11.0 Å². The molecule has 11 heteroatoms. The van der Waals surface area contributed by atoms with Gasteiger partial charge in [-0.3, -0.25) is 14.8 Å². The third-order valence-corrected chi connectivity index (χ3v) is 5.05. The summed E-state index contributed by atoms with van der Waals surface area (Å²) in [5, 5.41) is 0.